The SMILES string of the molecule is C[C@@H](CN(C)N)c1ccccc1. The van der Waals surface area contributed by atoms with Gasteiger partial charge in [-0.2, -0.15) is 0 Å². The normalized spacial score (nSPS) is 13.3. The van der Waals surface area contributed by atoms with Gasteiger partial charge in [0.1, 0.15) is 0 Å². The average Bonchev–Trinajstić information content (AvgIpc) is 2.05. The van der Waals surface area contributed by atoms with Gasteiger partial charge in [0.15, 0.2) is 0 Å². The van der Waals surface area contributed by atoms with E-state index in [1.807, 2.05) is 13.1 Å². The van der Waals surface area contributed by atoms with Crippen molar-refractivity contribution in [3.63, 3.8) is 0 Å². The van der Waals surface area contributed by atoms with E-state index in [4.69, 9.17) is 5.84 Å². The number of hydrogen-bond donors (Lipinski definition) is 1. The molecule has 0 bridgehead atoms. The summed E-state index contributed by atoms with van der Waals surface area (Å²) in [5, 5.41) is 1.72. The maximum absolute atomic E-state index is 5.56. The summed E-state index contributed by atoms with van der Waals surface area (Å²) >= 11 is 0. The molecule has 2 nitrogen and oxygen atoms in total. The Balaban J connectivity index is 2.59. The lowest BCUT2D eigenvalue weighted by molar-refractivity contribution is 0.329. The molecule has 66 valence electrons. The highest BCUT2D eigenvalue weighted by molar-refractivity contribution is 5.18. The van der Waals surface area contributed by atoms with Gasteiger partial charge in [0.2, 0.25) is 0 Å². The molecule has 0 aliphatic rings. The molecule has 12 heavy (non-hydrogen) atoms. The van der Waals surface area contributed by atoms with Gasteiger partial charge in [-0.15, -0.1) is 0 Å². The number of nitrogens with zero attached hydrogens (tertiary/aromatic N) is 1. The highest BCUT2D eigenvalue weighted by Crippen LogP contribution is 2.13. The Kier molecular flexibility index (Phi) is 3.26. The van der Waals surface area contributed by atoms with Gasteiger partial charge in [0.05, 0.1) is 0 Å². The lowest BCUT2D eigenvalue weighted by atomic mass is 10.0. The van der Waals surface area contributed by atoms with Gasteiger partial charge < -0.3 is 0 Å². The van der Waals surface area contributed by atoms with Crippen LogP contribution in [0.1, 0.15) is 18.4 Å². The van der Waals surface area contributed by atoms with Crippen molar-refractivity contribution in [2.75, 3.05) is 13.6 Å². The minimum Gasteiger partial charge on any atom is -0.269 e. The van der Waals surface area contributed by atoms with E-state index in [0.29, 0.717) is 5.92 Å². The Morgan fingerprint density at radius 2 is 1.92 bits per heavy atom. The van der Waals surface area contributed by atoms with Crippen LogP contribution < -0.4 is 5.84 Å². The Morgan fingerprint density at radius 3 is 2.42 bits per heavy atom. The number of nitrogens with two attached hydrogens (primary N) is 1. The molecule has 0 radical (unpaired) electrons. The summed E-state index contributed by atoms with van der Waals surface area (Å²) in [5.74, 6) is 6.07. The van der Waals surface area contributed by atoms with Crippen molar-refractivity contribution in [1.82, 2.24) is 5.01 Å². The number of rotatable bonds is 3. The fourth-order valence-electron chi connectivity index (χ4n) is 1.32. The summed E-state index contributed by atoms with van der Waals surface area (Å²) in [6.07, 6.45) is 0. The van der Waals surface area contributed by atoms with Gasteiger partial charge in [-0.3, -0.25) is 5.84 Å². The average molecular weight is 164 g/mol. The Bertz CT molecular complexity index is 219. The largest absolute Gasteiger partial charge is 0.269 e. The second-order valence-corrected chi connectivity index (χ2v) is 3.25. The van der Waals surface area contributed by atoms with E-state index in [-0.39, 0.29) is 0 Å². The third kappa shape index (κ3) is 2.64. The second kappa shape index (κ2) is 4.24. The predicted molar refractivity (Wildman–Crippen MR) is 51.7 cm³/mol. The quantitative estimate of drug-likeness (QED) is 0.543. The molecule has 1 rings (SSSR count). The Labute approximate surface area is 74.0 Å². The van der Waals surface area contributed by atoms with Crippen LogP contribution in [0.25, 0.3) is 0 Å². The fraction of sp³-hybridized carbons (Fsp3) is 0.400. The molecular formula is C10H16N2. The summed E-state index contributed by atoms with van der Waals surface area (Å²) in [6, 6.07) is 10.4. The fourth-order valence-corrected chi connectivity index (χ4v) is 1.32. The molecule has 1 atom stereocenters. The zero-order valence-electron chi connectivity index (χ0n) is 7.70. The van der Waals surface area contributed by atoms with E-state index in [1.165, 1.54) is 5.56 Å². The van der Waals surface area contributed by atoms with Crippen LogP contribution in [0, 0.1) is 0 Å². The van der Waals surface area contributed by atoms with Crippen molar-refractivity contribution in [3.8, 4) is 0 Å². The molecule has 0 unspecified atom stereocenters. The molecule has 0 aliphatic carbocycles. The van der Waals surface area contributed by atoms with Crippen LogP contribution in [0.4, 0.5) is 0 Å². The number of benzene rings is 1. The van der Waals surface area contributed by atoms with Crippen LogP contribution in [0.3, 0.4) is 0 Å². The van der Waals surface area contributed by atoms with Gasteiger partial charge in [-0.1, -0.05) is 37.3 Å². The summed E-state index contributed by atoms with van der Waals surface area (Å²) in [5.41, 5.74) is 1.34. The van der Waals surface area contributed by atoms with Crippen molar-refractivity contribution in [2.45, 2.75) is 12.8 Å². The Morgan fingerprint density at radius 1 is 1.33 bits per heavy atom. The molecule has 0 aliphatic heterocycles. The van der Waals surface area contributed by atoms with Crippen molar-refractivity contribution in [3.05, 3.63) is 35.9 Å². The van der Waals surface area contributed by atoms with E-state index in [1.54, 1.807) is 5.01 Å². The monoisotopic (exact) mass is 164 g/mol. The van der Waals surface area contributed by atoms with Crippen molar-refractivity contribution < 1.29 is 0 Å². The zero-order chi connectivity index (χ0) is 8.97. The molecule has 0 spiro atoms. The van der Waals surface area contributed by atoms with E-state index < -0.39 is 0 Å². The second-order valence-electron chi connectivity index (χ2n) is 3.25. The van der Waals surface area contributed by atoms with Gasteiger partial charge in [0.25, 0.3) is 0 Å². The minimum atomic E-state index is 0.501. The maximum atomic E-state index is 5.56. The first-order valence-corrected chi connectivity index (χ1v) is 4.21. The van der Waals surface area contributed by atoms with Gasteiger partial charge in [-0.25, -0.2) is 5.01 Å². The molecule has 2 N–H and O–H groups in total. The molecule has 0 aromatic heterocycles. The number of hydrazine groups is 1. The highest BCUT2D eigenvalue weighted by atomic mass is 15.4. The minimum absolute atomic E-state index is 0.501. The van der Waals surface area contributed by atoms with Gasteiger partial charge >= 0.3 is 0 Å². The third-order valence-corrected chi connectivity index (χ3v) is 1.93. The first-order valence-electron chi connectivity index (χ1n) is 4.21. The molecule has 0 saturated carbocycles. The van der Waals surface area contributed by atoms with Crippen molar-refractivity contribution in [1.29, 1.82) is 0 Å². The summed E-state index contributed by atoms with van der Waals surface area (Å²) in [7, 11) is 1.89. The molecule has 0 saturated heterocycles. The first-order chi connectivity index (χ1) is 5.70. The molecule has 0 amide bonds. The van der Waals surface area contributed by atoms with E-state index in [0.717, 1.165) is 6.54 Å². The standard InChI is InChI=1S/C10H16N2/c1-9(8-12(2)11)10-6-4-3-5-7-10/h3-7,9H,8,11H2,1-2H3/t9-/m0/s1. The van der Waals surface area contributed by atoms with Crippen molar-refractivity contribution in [2.24, 2.45) is 5.84 Å². The molecular weight excluding hydrogens is 148 g/mol. The van der Waals surface area contributed by atoms with Crippen molar-refractivity contribution >= 4 is 0 Å². The summed E-state index contributed by atoms with van der Waals surface area (Å²) < 4.78 is 0. The van der Waals surface area contributed by atoms with Crippen LogP contribution >= 0.6 is 0 Å². The van der Waals surface area contributed by atoms with Crippen LogP contribution in [-0.4, -0.2) is 18.6 Å². The zero-order valence-corrected chi connectivity index (χ0v) is 7.70. The maximum Gasteiger partial charge on any atom is 0.0191 e. The van der Waals surface area contributed by atoms with Crippen LogP contribution in [0.5, 0.6) is 0 Å². The van der Waals surface area contributed by atoms with Crippen LogP contribution in [0.15, 0.2) is 30.3 Å². The predicted octanol–water partition coefficient (Wildman–Crippen LogP) is 1.60. The van der Waals surface area contributed by atoms with Gasteiger partial charge in [-0.05, 0) is 11.5 Å². The van der Waals surface area contributed by atoms with Crippen LogP contribution in [-0.2, 0) is 0 Å². The smallest absolute Gasteiger partial charge is 0.0191 e. The lowest BCUT2D eigenvalue weighted by Crippen LogP contribution is -2.29. The van der Waals surface area contributed by atoms with E-state index in [2.05, 4.69) is 31.2 Å². The first kappa shape index (κ1) is 9.23. The molecule has 1 aromatic carbocycles. The summed E-state index contributed by atoms with van der Waals surface area (Å²) in [4.78, 5) is 0. The molecule has 1 aromatic rings. The molecule has 2 heteroatoms. The van der Waals surface area contributed by atoms with Gasteiger partial charge in [0, 0.05) is 13.6 Å². The third-order valence-electron chi connectivity index (χ3n) is 1.93. The number of hydrogen-bond acceptors (Lipinski definition) is 2. The van der Waals surface area contributed by atoms with Crippen LogP contribution in [0.2, 0.25) is 0 Å². The topological polar surface area (TPSA) is 29.3 Å². The molecule has 0 fully saturated rings. The Hall–Kier alpha value is -0.860. The lowest BCUT2D eigenvalue weighted by Gasteiger charge is -2.16. The summed E-state index contributed by atoms with van der Waals surface area (Å²) in [6.45, 7) is 3.07. The highest BCUT2D eigenvalue weighted by Gasteiger charge is 2.04. The number of likely N-dealkylation sites (N-methyl/N-ethyl adjacent to an activating group) is 1. The van der Waals surface area contributed by atoms with E-state index in [9.17, 15) is 0 Å². The molecule has 0 heterocycles. The van der Waals surface area contributed by atoms with E-state index >= 15 is 0 Å².